The zero-order chi connectivity index (χ0) is 14.3. The van der Waals surface area contributed by atoms with Crippen molar-refractivity contribution < 1.29 is 9.59 Å². The van der Waals surface area contributed by atoms with E-state index in [-0.39, 0.29) is 11.9 Å². The monoisotopic (exact) mass is 266 g/mol. The molecule has 0 unspecified atom stereocenters. The van der Waals surface area contributed by atoms with Gasteiger partial charge in [-0.3, -0.25) is 4.79 Å². The highest BCUT2D eigenvalue weighted by Crippen LogP contribution is 2.08. The average Bonchev–Trinajstić information content (AvgIpc) is 2.42. The lowest BCUT2D eigenvalue weighted by Gasteiger charge is -2.12. The van der Waals surface area contributed by atoms with Gasteiger partial charge >= 0.3 is 6.03 Å². The zero-order valence-electron chi connectivity index (χ0n) is 10.9. The van der Waals surface area contributed by atoms with E-state index in [0.717, 1.165) is 0 Å². The van der Waals surface area contributed by atoms with Crippen molar-refractivity contribution in [3.05, 3.63) is 23.9 Å². The summed E-state index contributed by atoms with van der Waals surface area (Å²) in [6.45, 7) is 0.658. The molecule has 0 aliphatic rings. The fourth-order valence-corrected chi connectivity index (χ4v) is 1.30. The van der Waals surface area contributed by atoms with Crippen molar-refractivity contribution in [3.63, 3.8) is 0 Å². The van der Waals surface area contributed by atoms with Crippen LogP contribution in [0.4, 0.5) is 10.6 Å². The molecule has 104 valence electrons. The third kappa shape index (κ3) is 4.43. The predicted octanol–water partition coefficient (Wildman–Crippen LogP) is -0.632. The summed E-state index contributed by atoms with van der Waals surface area (Å²) in [6, 6.07) is 3.04. The Morgan fingerprint density at radius 2 is 2.00 bits per heavy atom. The molecule has 0 saturated carbocycles. The lowest BCUT2D eigenvalue weighted by atomic mass is 10.2. The molecule has 0 aromatic carbocycles. The number of urea groups is 1. The van der Waals surface area contributed by atoms with Gasteiger partial charge in [-0.2, -0.15) is 0 Å². The Labute approximate surface area is 111 Å². The van der Waals surface area contributed by atoms with Crippen LogP contribution in [0, 0.1) is 0 Å². The lowest BCUT2D eigenvalue weighted by Crippen LogP contribution is -2.39. The first kappa shape index (κ1) is 14.7. The van der Waals surface area contributed by atoms with Crippen molar-refractivity contribution in [2.75, 3.05) is 32.6 Å². The molecule has 1 aromatic rings. The second kappa shape index (κ2) is 7.17. The molecule has 1 heterocycles. The highest BCUT2D eigenvalue weighted by Gasteiger charge is 2.10. The molecule has 0 radical (unpaired) electrons. The zero-order valence-corrected chi connectivity index (χ0v) is 10.9. The molecule has 0 fully saturated rings. The first-order valence-corrected chi connectivity index (χ1v) is 5.71. The number of carbonyl (C=O) groups is 2. The number of pyridine rings is 1. The van der Waals surface area contributed by atoms with Crippen LogP contribution in [0.1, 0.15) is 10.4 Å². The summed E-state index contributed by atoms with van der Waals surface area (Å²) in [5, 5.41) is 5.29. The van der Waals surface area contributed by atoms with Gasteiger partial charge in [0.25, 0.3) is 5.91 Å². The Hall–Kier alpha value is -2.35. The van der Waals surface area contributed by atoms with Crippen LogP contribution in [0.5, 0.6) is 0 Å². The summed E-state index contributed by atoms with van der Waals surface area (Å²) in [6.07, 6.45) is 1.53. The summed E-state index contributed by atoms with van der Waals surface area (Å²) in [4.78, 5) is 28.4. The highest BCUT2D eigenvalue weighted by atomic mass is 16.2. The molecule has 19 heavy (non-hydrogen) atoms. The molecule has 8 nitrogen and oxygen atoms in total. The SMILES string of the molecule is CN(C)C(=O)NCCNC(=O)c1cccnc1NN. The minimum absolute atomic E-state index is 0.208. The van der Waals surface area contributed by atoms with Gasteiger partial charge in [-0.25, -0.2) is 15.6 Å². The Morgan fingerprint density at radius 1 is 1.32 bits per heavy atom. The molecular formula is C11H18N6O2. The van der Waals surface area contributed by atoms with Crippen molar-refractivity contribution in [1.82, 2.24) is 20.5 Å². The summed E-state index contributed by atoms with van der Waals surface area (Å²) in [5.41, 5.74) is 2.70. The fraction of sp³-hybridized carbons (Fsp3) is 0.364. The van der Waals surface area contributed by atoms with Crippen LogP contribution in [0.15, 0.2) is 18.3 Å². The van der Waals surface area contributed by atoms with E-state index in [1.807, 2.05) is 0 Å². The standard InChI is InChI=1S/C11H18N6O2/c1-17(2)11(19)15-7-6-14-10(18)8-4-3-5-13-9(8)16-12/h3-5H,6-7,12H2,1-2H3,(H,13,16)(H,14,18)(H,15,19). The molecule has 0 bridgehead atoms. The molecule has 0 saturated heterocycles. The average molecular weight is 266 g/mol. The number of hydrazine groups is 1. The number of hydrogen-bond donors (Lipinski definition) is 4. The number of hydrogen-bond acceptors (Lipinski definition) is 5. The van der Waals surface area contributed by atoms with Crippen molar-refractivity contribution >= 4 is 17.8 Å². The summed E-state index contributed by atoms with van der Waals surface area (Å²) >= 11 is 0. The molecule has 1 aromatic heterocycles. The van der Waals surface area contributed by atoms with Crippen molar-refractivity contribution in [3.8, 4) is 0 Å². The lowest BCUT2D eigenvalue weighted by molar-refractivity contribution is 0.0954. The van der Waals surface area contributed by atoms with Crippen LogP contribution in [-0.2, 0) is 0 Å². The number of nitrogens with zero attached hydrogens (tertiary/aromatic N) is 2. The quantitative estimate of drug-likeness (QED) is 0.322. The van der Waals surface area contributed by atoms with Crippen molar-refractivity contribution in [2.45, 2.75) is 0 Å². The van der Waals surface area contributed by atoms with Gasteiger partial charge in [0.1, 0.15) is 0 Å². The molecule has 0 spiro atoms. The number of rotatable bonds is 5. The molecule has 3 amide bonds. The van der Waals surface area contributed by atoms with Gasteiger partial charge in [-0.15, -0.1) is 0 Å². The normalized spacial score (nSPS) is 9.63. The van der Waals surface area contributed by atoms with Crippen LogP contribution in [-0.4, -0.2) is 49.0 Å². The summed E-state index contributed by atoms with van der Waals surface area (Å²) in [7, 11) is 3.28. The van der Waals surface area contributed by atoms with E-state index in [1.54, 1.807) is 26.2 Å². The van der Waals surface area contributed by atoms with Gasteiger partial charge in [0.2, 0.25) is 0 Å². The van der Waals surface area contributed by atoms with E-state index in [4.69, 9.17) is 5.84 Å². The van der Waals surface area contributed by atoms with Gasteiger partial charge in [0, 0.05) is 33.4 Å². The molecular weight excluding hydrogens is 248 g/mol. The smallest absolute Gasteiger partial charge is 0.316 e. The maximum absolute atomic E-state index is 11.8. The largest absolute Gasteiger partial charge is 0.350 e. The van der Waals surface area contributed by atoms with Gasteiger partial charge < -0.3 is 21.0 Å². The number of nitrogens with one attached hydrogen (secondary N) is 3. The van der Waals surface area contributed by atoms with E-state index in [9.17, 15) is 9.59 Å². The van der Waals surface area contributed by atoms with E-state index in [2.05, 4.69) is 21.0 Å². The molecule has 1 rings (SSSR count). The molecule has 8 heteroatoms. The second-order valence-corrected chi connectivity index (χ2v) is 3.93. The van der Waals surface area contributed by atoms with Crippen LogP contribution in [0.25, 0.3) is 0 Å². The van der Waals surface area contributed by atoms with Crippen LogP contribution >= 0.6 is 0 Å². The molecule has 0 aliphatic heterocycles. The first-order chi connectivity index (χ1) is 9.06. The number of anilines is 1. The maximum atomic E-state index is 11.8. The minimum Gasteiger partial charge on any atom is -0.350 e. The first-order valence-electron chi connectivity index (χ1n) is 5.71. The van der Waals surface area contributed by atoms with Gasteiger partial charge in [-0.1, -0.05) is 0 Å². The Bertz CT molecular complexity index is 449. The number of nitrogens with two attached hydrogens (primary N) is 1. The topological polar surface area (TPSA) is 112 Å². The Kier molecular flexibility index (Phi) is 5.55. The van der Waals surface area contributed by atoms with Crippen molar-refractivity contribution in [1.29, 1.82) is 0 Å². The third-order valence-corrected chi connectivity index (χ3v) is 2.28. The predicted molar refractivity (Wildman–Crippen MR) is 71.5 cm³/mol. The third-order valence-electron chi connectivity index (χ3n) is 2.28. The Morgan fingerprint density at radius 3 is 2.63 bits per heavy atom. The number of nitrogen functional groups attached to an aromatic ring is 1. The van der Waals surface area contributed by atoms with E-state index >= 15 is 0 Å². The van der Waals surface area contributed by atoms with Gasteiger partial charge in [0.15, 0.2) is 5.82 Å². The molecule has 0 aliphatic carbocycles. The van der Waals surface area contributed by atoms with Crippen LogP contribution < -0.4 is 21.9 Å². The van der Waals surface area contributed by atoms with Crippen LogP contribution in [0.2, 0.25) is 0 Å². The number of amides is 3. The summed E-state index contributed by atoms with van der Waals surface area (Å²) < 4.78 is 0. The van der Waals surface area contributed by atoms with E-state index in [1.165, 1.54) is 11.1 Å². The van der Waals surface area contributed by atoms with Crippen molar-refractivity contribution in [2.24, 2.45) is 5.84 Å². The summed E-state index contributed by atoms with van der Waals surface area (Å²) in [5.74, 6) is 5.26. The number of carbonyl (C=O) groups excluding carboxylic acids is 2. The van der Waals surface area contributed by atoms with E-state index in [0.29, 0.717) is 24.5 Å². The Balaban J connectivity index is 2.41. The van der Waals surface area contributed by atoms with E-state index < -0.39 is 0 Å². The highest BCUT2D eigenvalue weighted by molar-refractivity contribution is 5.98. The maximum Gasteiger partial charge on any atom is 0.316 e. The molecule has 5 N–H and O–H groups in total. The van der Waals surface area contributed by atoms with Gasteiger partial charge in [-0.05, 0) is 12.1 Å². The second-order valence-electron chi connectivity index (χ2n) is 3.93. The fourth-order valence-electron chi connectivity index (χ4n) is 1.30. The molecule has 0 atom stereocenters. The number of aromatic nitrogens is 1. The van der Waals surface area contributed by atoms with Gasteiger partial charge in [0.05, 0.1) is 5.56 Å². The minimum atomic E-state index is -0.305. The van der Waals surface area contributed by atoms with Crippen LogP contribution in [0.3, 0.4) is 0 Å².